The summed E-state index contributed by atoms with van der Waals surface area (Å²) in [6, 6.07) is 6.39. The number of unbranched alkanes of at least 4 members (excludes halogenated alkanes) is 1. The van der Waals surface area contributed by atoms with Crippen LogP contribution in [0.15, 0.2) is 24.3 Å². The van der Waals surface area contributed by atoms with Gasteiger partial charge in [0.1, 0.15) is 0 Å². The van der Waals surface area contributed by atoms with E-state index in [1.54, 1.807) is 12.1 Å². The molecule has 0 fully saturated rings. The normalized spacial score (nSPS) is 11.9. The van der Waals surface area contributed by atoms with Crippen molar-refractivity contribution < 1.29 is 9.72 Å². The molecule has 0 aliphatic rings. The SMILES string of the molecule is CCCCC(CN)NC(=O)CCc1cccc([N+](=O)[O-])c1. The molecule has 6 nitrogen and oxygen atoms in total. The number of nitrogens with two attached hydrogens (primary N) is 1. The van der Waals surface area contributed by atoms with Crippen molar-refractivity contribution in [3.05, 3.63) is 39.9 Å². The number of amides is 1. The Balaban J connectivity index is 2.45. The molecule has 0 spiro atoms. The van der Waals surface area contributed by atoms with E-state index in [1.165, 1.54) is 12.1 Å². The summed E-state index contributed by atoms with van der Waals surface area (Å²) in [4.78, 5) is 22.1. The van der Waals surface area contributed by atoms with Crippen LogP contribution in [0.4, 0.5) is 5.69 Å². The van der Waals surface area contributed by atoms with E-state index in [0.29, 0.717) is 19.4 Å². The van der Waals surface area contributed by atoms with E-state index >= 15 is 0 Å². The number of nitrogens with zero attached hydrogens (tertiary/aromatic N) is 1. The maximum atomic E-state index is 11.9. The molecule has 0 radical (unpaired) electrons. The number of benzene rings is 1. The average molecular weight is 293 g/mol. The second-order valence-electron chi connectivity index (χ2n) is 5.07. The van der Waals surface area contributed by atoms with E-state index < -0.39 is 4.92 Å². The molecule has 0 heterocycles. The van der Waals surface area contributed by atoms with Gasteiger partial charge < -0.3 is 11.1 Å². The van der Waals surface area contributed by atoms with Gasteiger partial charge in [0.15, 0.2) is 0 Å². The molecule has 0 bridgehead atoms. The first-order valence-electron chi connectivity index (χ1n) is 7.29. The van der Waals surface area contributed by atoms with Crippen molar-refractivity contribution in [1.82, 2.24) is 5.32 Å². The van der Waals surface area contributed by atoms with E-state index in [9.17, 15) is 14.9 Å². The van der Waals surface area contributed by atoms with Gasteiger partial charge in [0.2, 0.25) is 5.91 Å². The second-order valence-corrected chi connectivity index (χ2v) is 5.07. The summed E-state index contributed by atoms with van der Waals surface area (Å²) in [5, 5.41) is 13.6. The van der Waals surface area contributed by atoms with Gasteiger partial charge in [-0.05, 0) is 18.4 Å². The van der Waals surface area contributed by atoms with Crippen LogP contribution >= 0.6 is 0 Å². The zero-order valence-electron chi connectivity index (χ0n) is 12.4. The average Bonchev–Trinajstić information content (AvgIpc) is 2.49. The van der Waals surface area contributed by atoms with Crippen molar-refractivity contribution in [3.63, 3.8) is 0 Å². The fourth-order valence-electron chi connectivity index (χ4n) is 2.08. The smallest absolute Gasteiger partial charge is 0.269 e. The number of nitro groups is 1. The lowest BCUT2D eigenvalue weighted by Gasteiger charge is -2.16. The zero-order valence-corrected chi connectivity index (χ0v) is 12.4. The Kier molecular flexibility index (Phi) is 7.39. The molecule has 3 N–H and O–H groups in total. The van der Waals surface area contributed by atoms with Gasteiger partial charge in [0.25, 0.3) is 5.69 Å². The molecule has 0 saturated heterocycles. The van der Waals surface area contributed by atoms with Gasteiger partial charge in [-0.3, -0.25) is 14.9 Å². The highest BCUT2D eigenvalue weighted by molar-refractivity contribution is 5.76. The third-order valence-corrected chi connectivity index (χ3v) is 3.32. The number of rotatable bonds is 9. The molecule has 1 aromatic rings. The number of hydrogen-bond acceptors (Lipinski definition) is 4. The molecule has 1 amide bonds. The monoisotopic (exact) mass is 293 g/mol. The fraction of sp³-hybridized carbons (Fsp3) is 0.533. The quantitative estimate of drug-likeness (QED) is 0.538. The van der Waals surface area contributed by atoms with Crippen molar-refractivity contribution in [1.29, 1.82) is 0 Å². The third kappa shape index (κ3) is 6.35. The molecule has 6 heteroatoms. The largest absolute Gasteiger partial charge is 0.352 e. The molecule has 116 valence electrons. The molecule has 1 rings (SSSR count). The molecule has 1 aromatic carbocycles. The molecule has 0 aromatic heterocycles. The summed E-state index contributed by atoms with van der Waals surface area (Å²) in [6.45, 7) is 2.53. The molecular weight excluding hydrogens is 270 g/mol. The van der Waals surface area contributed by atoms with Gasteiger partial charge in [0.05, 0.1) is 4.92 Å². The number of non-ortho nitro benzene ring substituents is 1. The van der Waals surface area contributed by atoms with Crippen LogP contribution in [0.2, 0.25) is 0 Å². The van der Waals surface area contributed by atoms with Crippen molar-refractivity contribution in [2.75, 3.05) is 6.54 Å². The van der Waals surface area contributed by atoms with Crippen LogP contribution < -0.4 is 11.1 Å². The van der Waals surface area contributed by atoms with Crippen LogP contribution in [-0.4, -0.2) is 23.4 Å². The Morgan fingerprint density at radius 2 is 2.24 bits per heavy atom. The van der Waals surface area contributed by atoms with E-state index in [4.69, 9.17) is 5.73 Å². The summed E-state index contributed by atoms with van der Waals surface area (Å²) in [5.41, 5.74) is 6.47. The Morgan fingerprint density at radius 1 is 1.48 bits per heavy atom. The van der Waals surface area contributed by atoms with Crippen LogP contribution in [0.5, 0.6) is 0 Å². The van der Waals surface area contributed by atoms with E-state index in [0.717, 1.165) is 24.8 Å². The Bertz CT molecular complexity index is 477. The zero-order chi connectivity index (χ0) is 15.7. The van der Waals surface area contributed by atoms with Crippen LogP contribution in [0, 0.1) is 10.1 Å². The maximum absolute atomic E-state index is 11.9. The van der Waals surface area contributed by atoms with Gasteiger partial charge in [-0.2, -0.15) is 0 Å². The lowest BCUT2D eigenvalue weighted by Crippen LogP contribution is -2.40. The maximum Gasteiger partial charge on any atom is 0.269 e. The van der Waals surface area contributed by atoms with E-state index in [2.05, 4.69) is 12.2 Å². The molecule has 21 heavy (non-hydrogen) atoms. The first-order valence-corrected chi connectivity index (χ1v) is 7.29. The van der Waals surface area contributed by atoms with Gasteiger partial charge in [-0.1, -0.05) is 31.9 Å². The summed E-state index contributed by atoms with van der Waals surface area (Å²) in [5.74, 6) is -0.0620. The van der Waals surface area contributed by atoms with Crippen molar-refractivity contribution in [3.8, 4) is 0 Å². The minimum atomic E-state index is -0.432. The van der Waals surface area contributed by atoms with E-state index in [1.807, 2.05) is 0 Å². The minimum Gasteiger partial charge on any atom is -0.352 e. The number of nitro benzene ring substituents is 1. The lowest BCUT2D eigenvalue weighted by atomic mass is 10.1. The Labute approximate surface area is 124 Å². The predicted molar refractivity (Wildman–Crippen MR) is 81.9 cm³/mol. The van der Waals surface area contributed by atoms with Gasteiger partial charge in [-0.25, -0.2) is 0 Å². The topological polar surface area (TPSA) is 98.3 Å². The van der Waals surface area contributed by atoms with Crippen molar-refractivity contribution in [2.45, 2.75) is 45.1 Å². The Hall–Kier alpha value is -1.95. The molecule has 1 unspecified atom stereocenters. The van der Waals surface area contributed by atoms with Crippen LogP contribution in [0.3, 0.4) is 0 Å². The van der Waals surface area contributed by atoms with E-state index in [-0.39, 0.29) is 17.6 Å². The van der Waals surface area contributed by atoms with Crippen LogP contribution in [0.25, 0.3) is 0 Å². The number of hydrogen-bond donors (Lipinski definition) is 2. The minimum absolute atomic E-state index is 0.0163. The first kappa shape index (κ1) is 17.1. The van der Waals surface area contributed by atoms with Crippen LogP contribution in [-0.2, 0) is 11.2 Å². The van der Waals surface area contributed by atoms with Gasteiger partial charge in [0, 0.05) is 31.1 Å². The number of nitrogens with one attached hydrogen (secondary N) is 1. The van der Waals surface area contributed by atoms with Crippen LogP contribution in [0.1, 0.15) is 38.2 Å². The second kappa shape index (κ2) is 9.07. The fourth-order valence-corrected chi connectivity index (χ4v) is 2.08. The molecule has 0 saturated carbocycles. The number of carbonyl (C=O) groups is 1. The van der Waals surface area contributed by atoms with Crippen molar-refractivity contribution in [2.24, 2.45) is 5.73 Å². The molecule has 1 atom stereocenters. The standard InChI is InChI=1S/C15H23N3O3/c1-2-3-6-13(11-16)17-15(19)9-8-12-5-4-7-14(10-12)18(20)21/h4-5,7,10,13H,2-3,6,8-9,11,16H2,1H3,(H,17,19). The third-order valence-electron chi connectivity index (χ3n) is 3.32. The molecular formula is C15H23N3O3. The highest BCUT2D eigenvalue weighted by Gasteiger charge is 2.11. The predicted octanol–water partition coefficient (Wildman–Crippen LogP) is 2.16. The lowest BCUT2D eigenvalue weighted by molar-refractivity contribution is -0.384. The highest BCUT2D eigenvalue weighted by Crippen LogP contribution is 2.14. The molecule has 0 aliphatic carbocycles. The van der Waals surface area contributed by atoms with Crippen molar-refractivity contribution >= 4 is 11.6 Å². The Morgan fingerprint density at radius 3 is 2.86 bits per heavy atom. The van der Waals surface area contributed by atoms with Gasteiger partial charge in [-0.15, -0.1) is 0 Å². The summed E-state index contributed by atoms with van der Waals surface area (Å²) in [7, 11) is 0. The summed E-state index contributed by atoms with van der Waals surface area (Å²) >= 11 is 0. The summed E-state index contributed by atoms with van der Waals surface area (Å²) in [6.07, 6.45) is 3.78. The van der Waals surface area contributed by atoms with Gasteiger partial charge >= 0.3 is 0 Å². The highest BCUT2D eigenvalue weighted by atomic mass is 16.6. The molecule has 0 aliphatic heterocycles. The first-order chi connectivity index (χ1) is 10.1. The number of carbonyl (C=O) groups excluding carboxylic acids is 1. The summed E-state index contributed by atoms with van der Waals surface area (Å²) < 4.78 is 0. The number of aryl methyl sites for hydroxylation is 1.